The van der Waals surface area contributed by atoms with Gasteiger partial charge >= 0.3 is 5.97 Å². The van der Waals surface area contributed by atoms with Crippen molar-refractivity contribution < 1.29 is 9.53 Å². The van der Waals surface area contributed by atoms with E-state index < -0.39 is 16.1 Å². The maximum absolute atomic E-state index is 11.4. The maximum Gasteiger partial charge on any atom is 0.306 e. The van der Waals surface area contributed by atoms with Crippen molar-refractivity contribution in [3.05, 3.63) is 11.6 Å². The fraction of sp³-hybridized carbons (Fsp3) is 0.789. The Hall–Kier alpha value is -0.686. The fourth-order valence-electron chi connectivity index (χ4n) is 2.69. The van der Waals surface area contributed by atoms with Crippen molar-refractivity contribution in [3.63, 3.8) is 0 Å². The highest BCUT2D eigenvalue weighted by molar-refractivity contribution is 6.78. The summed E-state index contributed by atoms with van der Waals surface area (Å²) in [7, 11) is -2.14. The average molecular weight is 370 g/mol. The number of hydrogen-bond donors (Lipinski definition) is 0. The van der Waals surface area contributed by atoms with Crippen LogP contribution in [0.2, 0.25) is 51.4 Å². The number of carbonyl (C=O) groups excluding carboxylic acids is 1. The Labute approximate surface area is 152 Å². The molecule has 0 atom stereocenters. The summed E-state index contributed by atoms with van der Waals surface area (Å²) >= 11 is 0. The molecule has 140 valence electrons. The molecule has 0 spiro atoms. The van der Waals surface area contributed by atoms with E-state index in [1.165, 1.54) is 12.1 Å². The molecule has 0 aliphatic heterocycles. The number of hydrogen-bond acceptors (Lipinski definition) is 3. The molecule has 0 aromatic carbocycles. The van der Waals surface area contributed by atoms with Crippen LogP contribution < -0.4 is 0 Å². The minimum atomic E-state index is -1.07. The third-order valence-corrected chi connectivity index (χ3v) is 6.48. The van der Waals surface area contributed by atoms with Crippen LogP contribution in [0.25, 0.3) is 0 Å². The van der Waals surface area contributed by atoms with E-state index in [1.807, 2.05) is 13.8 Å². The second kappa shape index (κ2) is 11.0. The molecule has 0 N–H and O–H groups in total. The number of allylic oxidation sites excluding steroid dienone is 1. The lowest BCUT2D eigenvalue weighted by Crippen LogP contribution is -2.25. The summed E-state index contributed by atoms with van der Waals surface area (Å²) in [6.45, 7) is 19.8. The number of carbonyl (C=O) groups is 1. The second-order valence-electron chi connectivity index (χ2n) is 9.05. The van der Waals surface area contributed by atoms with Gasteiger partial charge in [-0.05, 0) is 38.8 Å². The Bertz CT molecular complexity index is 425. The van der Waals surface area contributed by atoms with Gasteiger partial charge in [0.15, 0.2) is 0 Å². The van der Waals surface area contributed by atoms with E-state index in [0.717, 1.165) is 18.7 Å². The largest absolute Gasteiger partial charge is 0.466 e. The molecule has 0 aromatic rings. The van der Waals surface area contributed by atoms with Crippen LogP contribution in [0.15, 0.2) is 16.6 Å². The smallest absolute Gasteiger partial charge is 0.306 e. The molecule has 0 aromatic heterocycles. The molecule has 0 bridgehead atoms. The van der Waals surface area contributed by atoms with E-state index in [1.54, 1.807) is 5.57 Å². The van der Waals surface area contributed by atoms with Gasteiger partial charge in [-0.15, -0.1) is 0 Å². The van der Waals surface area contributed by atoms with Crippen molar-refractivity contribution in [1.29, 1.82) is 0 Å². The van der Waals surface area contributed by atoms with Gasteiger partial charge in [-0.2, -0.15) is 0 Å². The monoisotopic (exact) mass is 369 g/mol. The van der Waals surface area contributed by atoms with Crippen molar-refractivity contribution in [2.24, 2.45) is 4.99 Å². The number of rotatable bonds is 11. The first-order valence-electron chi connectivity index (χ1n) is 9.26. The molecule has 24 heavy (non-hydrogen) atoms. The molecule has 0 radical (unpaired) electrons. The zero-order valence-corrected chi connectivity index (χ0v) is 19.3. The highest BCUT2D eigenvalue weighted by Gasteiger charge is 2.20. The van der Waals surface area contributed by atoms with Gasteiger partial charge < -0.3 is 4.74 Å². The van der Waals surface area contributed by atoms with Crippen molar-refractivity contribution in [1.82, 2.24) is 0 Å². The molecule has 5 heteroatoms. The number of nitrogens with zero attached hydrogens (tertiary/aromatic N) is 1. The highest BCUT2D eigenvalue weighted by atomic mass is 28.3. The Kier molecular flexibility index (Phi) is 10.7. The van der Waals surface area contributed by atoms with Crippen molar-refractivity contribution in [3.8, 4) is 0 Å². The summed E-state index contributed by atoms with van der Waals surface area (Å²) in [6, 6.07) is 2.62. The Morgan fingerprint density at radius 2 is 1.54 bits per heavy atom. The molecule has 0 saturated carbocycles. The van der Waals surface area contributed by atoms with Crippen molar-refractivity contribution >= 4 is 27.8 Å². The second-order valence-corrected chi connectivity index (χ2v) is 20.0. The number of esters is 1. The first-order chi connectivity index (χ1) is 10.9. The Balaban J connectivity index is 4.47. The van der Waals surface area contributed by atoms with E-state index >= 15 is 0 Å². The van der Waals surface area contributed by atoms with Crippen LogP contribution in [-0.2, 0) is 9.53 Å². The Morgan fingerprint density at radius 1 is 1.00 bits per heavy atom. The maximum atomic E-state index is 11.4. The van der Waals surface area contributed by atoms with E-state index in [2.05, 4.69) is 50.4 Å². The molecular formula is C19H39NO2Si2. The van der Waals surface area contributed by atoms with Crippen LogP contribution in [0.4, 0.5) is 0 Å². The first kappa shape index (κ1) is 23.3. The van der Waals surface area contributed by atoms with Crippen LogP contribution in [-0.4, -0.2) is 41.0 Å². The Morgan fingerprint density at radius 3 is 2.00 bits per heavy atom. The van der Waals surface area contributed by atoms with Crippen LogP contribution >= 0.6 is 0 Å². The fourth-order valence-corrected chi connectivity index (χ4v) is 6.20. The summed E-state index contributed by atoms with van der Waals surface area (Å²) < 4.78 is 4.95. The topological polar surface area (TPSA) is 38.7 Å². The average Bonchev–Trinajstić information content (AvgIpc) is 2.38. The minimum Gasteiger partial charge on any atom is -0.466 e. The van der Waals surface area contributed by atoms with Crippen LogP contribution in [0, 0.1) is 0 Å². The van der Waals surface area contributed by atoms with Gasteiger partial charge in [-0.3, -0.25) is 9.79 Å². The van der Waals surface area contributed by atoms with Crippen molar-refractivity contribution in [2.45, 2.75) is 84.5 Å². The lowest BCUT2D eigenvalue weighted by Gasteiger charge is -2.24. The first-order valence-corrected chi connectivity index (χ1v) is 16.7. The van der Waals surface area contributed by atoms with Crippen LogP contribution in [0.3, 0.4) is 0 Å². The zero-order chi connectivity index (χ0) is 18.8. The van der Waals surface area contributed by atoms with Gasteiger partial charge in [0.05, 0.1) is 13.0 Å². The minimum absolute atomic E-state index is 0.125. The van der Waals surface area contributed by atoms with E-state index in [0.29, 0.717) is 19.4 Å². The predicted octanol–water partition coefficient (Wildman–Crippen LogP) is 5.78. The molecule has 0 aliphatic carbocycles. The zero-order valence-electron chi connectivity index (χ0n) is 17.3. The lowest BCUT2D eigenvalue weighted by atomic mass is 10.2. The molecule has 0 heterocycles. The predicted molar refractivity (Wildman–Crippen MR) is 113 cm³/mol. The van der Waals surface area contributed by atoms with Gasteiger partial charge in [-0.25, -0.2) is 0 Å². The normalized spacial score (nSPS) is 12.9. The van der Waals surface area contributed by atoms with E-state index in [4.69, 9.17) is 4.74 Å². The van der Waals surface area contributed by atoms with Gasteiger partial charge in [0.2, 0.25) is 0 Å². The van der Waals surface area contributed by atoms with Gasteiger partial charge in [0, 0.05) is 28.4 Å². The van der Waals surface area contributed by atoms with Crippen LogP contribution in [0.1, 0.15) is 33.1 Å². The van der Waals surface area contributed by atoms with Gasteiger partial charge in [0.1, 0.15) is 0 Å². The highest BCUT2D eigenvalue weighted by Crippen LogP contribution is 2.25. The van der Waals surface area contributed by atoms with Crippen LogP contribution in [0.5, 0.6) is 0 Å². The molecule has 0 aliphatic rings. The molecule has 3 nitrogen and oxygen atoms in total. The summed E-state index contributed by atoms with van der Waals surface area (Å²) in [5, 5.41) is 0. The van der Waals surface area contributed by atoms with Gasteiger partial charge in [-0.1, -0.05) is 50.9 Å². The summed E-state index contributed by atoms with van der Waals surface area (Å²) in [5.41, 5.74) is 2.71. The summed E-state index contributed by atoms with van der Waals surface area (Å²) in [4.78, 5) is 16.0. The third-order valence-electron chi connectivity index (χ3n) is 3.45. The number of ether oxygens (including phenoxy) is 1. The third kappa shape index (κ3) is 14.9. The molecular weight excluding hydrogens is 330 g/mol. The molecule has 0 rings (SSSR count). The quantitative estimate of drug-likeness (QED) is 0.152. The standard InChI is InChI=1S/C19H39NO2Si2/c1-9-22-19(21)13-12-17(2)20-14-10-11-18(15-23(3,4)5)16-24(6,7)8/h11H,9-10,12-16H2,1-8H3. The molecule has 0 saturated heterocycles. The lowest BCUT2D eigenvalue weighted by molar-refractivity contribution is -0.142. The molecule has 0 unspecified atom stereocenters. The van der Waals surface area contributed by atoms with Gasteiger partial charge in [0.25, 0.3) is 0 Å². The van der Waals surface area contributed by atoms with E-state index in [-0.39, 0.29) is 5.97 Å². The van der Waals surface area contributed by atoms with E-state index in [9.17, 15) is 4.79 Å². The summed E-state index contributed by atoms with van der Waals surface area (Å²) in [6.07, 6.45) is 4.61. The molecule has 0 amide bonds. The van der Waals surface area contributed by atoms with Crippen molar-refractivity contribution in [2.75, 3.05) is 13.2 Å². The molecule has 0 fully saturated rings. The SMILES string of the molecule is CCOC(=O)CCC(C)=NCCC=C(C[Si](C)(C)C)C[Si](C)(C)C. The summed E-state index contributed by atoms with van der Waals surface area (Å²) in [5.74, 6) is -0.125. The number of aliphatic imine (C=N–C) groups is 1.